The molecule has 0 bridgehead atoms. The number of hydrogen-bond donors (Lipinski definition) is 1. The SMILES string of the molecule is Cl.O=c1c2c(-c3ccncc3)csc2cnn1CCc1nc2ccccc2[nH]1. The van der Waals surface area contributed by atoms with Gasteiger partial charge in [0.1, 0.15) is 5.82 Å². The Hall–Kier alpha value is -3.03. The summed E-state index contributed by atoms with van der Waals surface area (Å²) < 4.78 is 2.42. The van der Waals surface area contributed by atoms with Crippen LogP contribution in [0.3, 0.4) is 0 Å². The van der Waals surface area contributed by atoms with Gasteiger partial charge in [0, 0.05) is 29.8 Å². The first kappa shape index (κ1) is 18.3. The molecule has 0 spiro atoms. The number of hydrogen-bond acceptors (Lipinski definition) is 5. The fraction of sp³-hybridized carbons (Fsp3) is 0.100. The van der Waals surface area contributed by atoms with Crippen LogP contribution < -0.4 is 5.56 Å². The van der Waals surface area contributed by atoms with E-state index in [-0.39, 0.29) is 18.0 Å². The van der Waals surface area contributed by atoms with E-state index >= 15 is 0 Å². The number of thiophene rings is 1. The van der Waals surface area contributed by atoms with Crippen LogP contribution in [0.25, 0.3) is 32.2 Å². The van der Waals surface area contributed by atoms with E-state index in [4.69, 9.17) is 0 Å². The van der Waals surface area contributed by atoms with E-state index < -0.39 is 0 Å². The Morgan fingerprint density at radius 2 is 1.93 bits per heavy atom. The fourth-order valence-electron chi connectivity index (χ4n) is 3.23. The molecule has 6 nitrogen and oxygen atoms in total. The van der Waals surface area contributed by atoms with Crippen LogP contribution in [0.2, 0.25) is 0 Å². The van der Waals surface area contributed by atoms with E-state index in [9.17, 15) is 4.79 Å². The van der Waals surface area contributed by atoms with Gasteiger partial charge in [-0.3, -0.25) is 9.78 Å². The van der Waals surface area contributed by atoms with Crippen LogP contribution in [0, 0.1) is 0 Å². The Labute approximate surface area is 170 Å². The van der Waals surface area contributed by atoms with Crippen LogP contribution in [0.15, 0.2) is 65.2 Å². The normalized spacial score (nSPS) is 11.0. The van der Waals surface area contributed by atoms with Gasteiger partial charge >= 0.3 is 0 Å². The van der Waals surface area contributed by atoms with E-state index in [0.29, 0.717) is 18.4 Å². The Morgan fingerprint density at radius 1 is 1.11 bits per heavy atom. The molecule has 0 amide bonds. The van der Waals surface area contributed by atoms with E-state index in [0.717, 1.165) is 32.7 Å². The molecular formula is C20H16ClN5OS. The van der Waals surface area contributed by atoms with Crippen LogP contribution in [0.5, 0.6) is 0 Å². The van der Waals surface area contributed by atoms with Gasteiger partial charge in [-0.25, -0.2) is 9.67 Å². The number of para-hydroxylation sites is 2. The maximum absolute atomic E-state index is 13.0. The second-order valence-electron chi connectivity index (χ2n) is 6.25. The van der Waals surface area contributed by atoms with Crippen molar-refractivity contribution in [2.24, 2.45) is 0 Å². The molecule has 0 aliphatic heterocycles. The molecule has 140 valence electrons. The van der Waals surface area contributed by atoms with Crippen molar-refractivity contribution in [2.75, 3.05) is 0 Å². The highest BCUT2D eigenvalue weighted by Crippen LogP contribution is 2.30. The lowest BCUT2D eigenvalue weighted by Gasteiger charge is -2.04. The summed E-state index contributed by atoms with van der Waals surface area (Å²) in [5.41, 5.74) is 3.78. The predicted molar refractivity (Wildman–Crippen MR) is 114 cm³/mol. The van der Waals surface area contributed by atoms with Crippen molar-refractivity contribution in [1.29, 1.82) is 0 Å². The highest BCUT2D eigenvalue weighted by Gasteiger charge is 2.13. The quantitative estimate of drug-likeness (QED) is 0.485. The molecule has 4 heterocycles. The second kappa shape index (κ2) is 7.53. The molecule has 4 aromatic heterocycles. The number of benzene rings is 1. The number of aromatic amines is 1. The maximum Gasteiger partial charge on any atom is 0.276 e. The highest BCUT2D eigenvalue weighted by atomic mass is 35.5. The fourth-order valence-corrected chi connectivity index (χ4v) is 4.15. The van der Waals surface area contributed by atoms with Gasteiger partial charge in [0.15, 0.2) is 0 Å². The first-order valence-electron chi connectivity index (χ1n) is 8.61. The lowest BCUT2D eigenvalue weighted by Crippen LogP contribution is -2.23. The summed E-state index contributed by atoms with van der Waals surface area (Å²) in [6, 6.07) is 11.7. The first-order chi connectivity index (χ1) is 13.3. The van der Waals surface area contributed by atoms with Gasteiger partial charge in [-0.2, -0.15) is 5.10 Å². The van der Waals surface area contributed by atoms with E-state index in [2.05, 4.69) is 20.1 Å². The van der Waals surface area contributed by atoms with Crippen LogP contribution in [-0.2, 0) is 13.0 Å². The molecule has 0 radical (unpaired) electrons. The smallest absolute Gasteiger partial charge is 0.276 e. The third-order valence-corrected chi connectivity index (χ3v) is 5.49. The van der Waals surface area contributed by atoms with Crippen molar-refractivity contribution in [3.05, 3.63) is 76.5 Å². The molecule has 0 unspecified atom stereocenters. The van der Waals surface area contributed by atoms with E-state index in [1.807, 2.05) is 41.8 Å². The number of rotatable bonds is 4. The van der Waals surface area contributed by atoms with Gasteiger partial charge in [0.05, 0.1) is 33.9 Å². The summed E-state index contributed by atoms with van der Waals surface area (Å²) in [7, 11) is 0. The zero-order chi connectivity index (χ0) is 18.2. The van der Waals surface area contributed by atoms with Gasteiger partial charge in [-0.15, -0.1) is 23.7 Å². The molecule has 0 saturated carbocycles. The minimum Gasteiger partial charge on any atom is -0.342 e. The molecular weight excluding hydrogens is 394 g/mol. The Kier molecular flexibility index (Phi) is 4.93. The van der Waals surface area contributed by atoms with Gasteiger partial charge in [0.2, 0.25) is 0 Å². The van der Waals surface area contributed by atoms with Crippen LogP contribution >= 0.6 is 23.7 Å². The Balaban J connectivity index is 0.00000192. The number of nitrogens with zero attached hydrogens (tertiary/aromatic N) is 4. The third-order valence-electron chi connectivity index (χ3n) is 4.57. The Morgan fingerprint density at radius 3 is 2.75 bits per heavy atom. The van der Waals surface area contributed by atoms with Crippen LogP contribution in [0.1, 0.15) is 5.82 Å². The number of pyridine rings is 1. The molecule has 0 saturated heterocycles. The van der Waals surface area contributed by atoms with Gasteiger partial charge in [-0.05, 0) is 29.8 Å². The molecule has 0 aliphatic rings. The van der Waals surface area contributed by atoms with Crippen LogP contribution in [-0.4, -0.2) is 24.7 Å². The molecule has 28 heavy (non-hydrogen) atoms. The lowest BCUT2D eigenvalue weighted by molar-refractivity contribution is 0.575. The van der Waals surface area contributed by atoms with Crippen molar-refractivity contribution in [3.8, 4) is 11.1 Å². The van der Waals surface area contributed by atoms with Crippen molar-refractivity contribution < 1.29 is 0 Å². The molecule has 5 rings (SSSR count). The monoisotopic (exact) mass is 409 g/mol. The van der Waals surface area contributed by atoms with Gasteiger partial charge in [0.25, 0.3) is 5.56 Å². The molecule has 0 fully saturated rings. The molecule has 0 atom stereocenters. The molecule has 1 aromatic carbocycles. The minimum absolute atomic E-state index is 0. The largest absolute Gasteiger partial charge is 0.342 e. The van der Waals surface area contributed by atoms with Crippen molar-refractivity contribution in [3.63, 3.8) is 0 Å². The number of aryl methyl sites for hydroxylation is 2. The topological polar surface area (TPSA) is 76.5 Å². The average molecular weight is 410 g/mol. The second-order valence-corrected chi connectivity index (χ2v) is 7.16. The van der Waals surface area contributed by atoms with Gasteiger partial charge in [-0.1, -0.05) is 12.1 Å². The molecule has 5 aromatic rings. The van der Waals surface area contributed by atoms with Gasteiger partial charge < -0.3 is 4.98 Å². The van der Waals surface area contributed by atoms with E-state index in [1.54, 1.807) is 18.6 Å². The van der Waals surface area contributed by atoms with Crippen molar-refractivity contribution in [2.45, 2.75) is 13.0 Å². The number of H-pyrrole nitrogens is 1. The van der Waals surface area contributed by atoms with Crippen molar-refractivity contribution >= 4 is 44.9 Å². The zero-order valence-electron chi connectivity index (χ0n) is 14.7. The van der Waals surface area contributed by atoms with Crippen molar-refractivity contribution in [1.82, 2.24) is 24.7 Å². The molecule has 1 N–H and O–H groups in total. The maximum atomic E-state index is 13.0. The summed E-state index contributed by atoms with van der Waals surface area (Å²) in [6.07, 6.45) is 5.85. The number of aromatic nitrogens is 5. The first-order valence-corrected chi connectivity index (χ1v) is 9.49. The standard InChI is InChI=1S/C20H15N5OS.ClH/c26-20-19-14(13-5-8-21-9-6-13)12-27-17(19)11-22-25(20)10-7-18-23-15-3-1-2-4-16(15)24-18;/h1-6,8-9,11-12H,7,10H2,(H,23,24);1H. The summed E-state index contributed by atoms with van der Waals surface area (Å²) in [5, 5.41) is 7.06. The molecule has 0 aliphatic carbocycles. The number of imidazole rings is 1. The lowest BCUT2D eigenvalue weighted by atomic mass is 10.1. The zero-order valence-corrected chi connectivity index (χ0v) is 16.3. The highest BCUT2D eigenvalue weighted by molar-refractivity contribution is 7.17. The predicted octanol–water partition coefficient (Wildman–Crippen LogP) is 4.06. The third kappa shape index (κ3) is 3.19. The summed E-state index contributed by atoms with van der Waals surface area (Å²) >= 11 is 1.53. The van der Waals surface area contributed by atoms with Crippen LogP contribution in [0.4, 0.5) is 0 Å². The molecule has 8 heteroatoms. The van der Waals surface area contributed by atoms with E-state index in [1.165, 1.54) is 16.0 Å². The average Bonchev–Trinajstić information content (AvgIpc) is 3.32. The summed E-state index contributed by atoms with van der Waals surface area (Å²) in [6.45, 7) is 0.472. The Bertz CT molecular complexity index is 1280. The number of nitrogens with one attached hydrogen (secondary N) is 1. The minimum atomic E-state index is -0.0725. The summed E-state index contributed by atoms with van der Waals surface area (Å²) in [4.78, 5) is 25.0. The number of halogens is 1. The number of fused-ring (bicyclic) bond motifs is 2. The summed E-state index contributed by atoms with van der Waals surface area (Å²) in [5.74, 6) is 0.852.